The fraction of sp³-hybridized carbons (Fsp3) is 0.586. The number of aromatic amines is 1. The molecule has 1 aliphatic heterocycles. The first-order valence-corrected chi connectivity index (χ1v) is 14.0. The summed E-state index contributed by atoms with van der Waals surface area (Å²) in [6.07, 6.45) is 10.2. The third-order valence-electron chi connectivity index (χ3n) is 8.52. The average Bonchev–Trinajstić information content (AvgIpc) is 3.46. The SMILES string of the molecule is COc1ccc(CC(NC(=O)NCCc2cnc[nH]2)C(=O)N2CCC(C(=O)O)(C3CCCCC3)CC2C)cc1. The fourth-order valence-electron chi connectivity index (χ4n) is 6.34. The lowest BCUT2D eigenvalue weighted by Crippen LogP contribution is -2.59. The molecule has 3 atom stereocenters. The van der Waals surface area contributed by atoms with Gasteiger partial charge in [-0.05, 0) is 56.2 Å². The van der Waals surface area contributed by atoms with Crippen LogP contribution in [0, 0.1) is 11.3 Å². The van der Waals surface area contributed by atoms with E-state index in [0.717, 1.165) is 43.4 Å². The van der Waals surface area contributed by atoms with Crippen LogP contribution in [0.2, 0.25) is 0 Å². The van der Waals surface area contributed by atoms with E-state index >= 15 is 0 Å². The van der Waals surface area contributed by atoms with Gasteiger partial charge in [0.1, 0.15) is 11.8 Å². The lowest BCUT2D eigenvalue weighted by atomic mass is 9.62. The highest BCUT2D eigenvalue weighted by atomic mass is 16.5. The summed E-state index contributed by atoms with van der Waals surface area (Å²) in [5.41, 5.74) is 1.00. The van der Waals surface area contributed by atoms with E-state index in [2.05, 4.69) is 20.6 Å². The number of methoxy groups -OCH3 is 1. The first-order chi connectivity index (χ1) is 18.8. The van der Waals surface area contributed by atoms with Crippen LogP contribution < -0.4 is 15.4 Å². The highest BCUT2D eigenvalue weighted by molar-refractivity contribution is 5.88. The summed E-state index contributed by atoms with van der Waals surface area (Å²) in [6.45, 7) is 2.69. The van der Waals surface area contributed by atoms with Crippen LogP contribution in [0.15, 0.2) is 36.8 Å². The molecule has 3 amide bonds. The maximum atomic E-state index is 13.9. The summed E-state index contributed by atoms with van der Waals surface area (Å²) in [5.74, 6) is -0.0663. The van der Waals surface area contributed by atoms with Crippen molar-refractivity contribution in [3.8, 4) is 5.75 Å². The van der Waals surface area contributed by atoms with Gasteiger partial charge in [0.25, 0.3) is 0 Å². The van der Waals surface area contributed by atoms with Gasteiger partial charge in [-0.2, -0.15) is 0 Å². The van der Waals surface area contributed by atoms with Crippen molar-refractivity contribution >= 4 is 17.9 Å². The molecule has 39 heavy (non-hydrogen) atoms. The number of piperidine rings is 1. The van der Waals surface area contributed by atoms with E-state index in [4.69, 9.17) is 4.74 Å². The molecule has 212 valence electrons. The second kappa shape index (κ2) is 13.0. The summed E-state index contributed by atoms with van der Waals surface area (Å²) >= 11 is 0. The van der Waals surface area contributed by atoms with E-state index in [1.807, 2.05) is 31.2 Å². The maximum Gasteiger partial charge on any atom is 0.315 e. The summed E-state index contributed by atoms with van der Waals surface area (Å²) in [6, 6.07) is 5.97. The summed E-state index contributed by atoms with van der Waals surface area (Å²) in [4.78, 5) is 48.0. The number of hydrogen-bond donors (Lipinski definition) is 4. The van der Waals surface area contributed by atoms with Crippen molar-refractivity contribution < 1.29 is 24.2 Å². The Morgan fingerprint density at radius 2 is 1.95 bits per heavy atom. The van der Waals surface area contributed by atoms with E-state index in [9.17, 15) is 19.5 Å². The lowest BCUT2D eigenvalue weighted by molar-refractivity contribution is -0.163. The molecule has 1 aliphatic carbocycles. The number of H-pyrrole nitrogens is 1. The van der Waals surface area contributed by atoms with Crippen molar-refractivity contribution in [2.45, 2.75) is 76.8 Å². The first-order valence-electron chi connectivity index (χ1n) is 14.0. The van der Waals surface area contributed by atoms with Gasteiger partial charge < -0.3 is 30.4 Å². The van der Waals surface area contributed by atoms with Gasteiger partial charge in [0.2, 0.25) is 5.91 Å². The molecule has 10 heteroatoms. The van der Waals surface area contributed by atoms with Crippen molar-refractivity contribution in [1.29, 1.82) is 0 Å². The molecule has 10 nitrogen and oxygen atoms in total. The zero-order valence-corrected chi connectivity index (χ0v) is 22.9. The Morgan fingerprint density at radius 1 is 1.21 bits per heavy atom. The maximum absolute atomic E-state index is 13.9. The van der Waals surface area contributed by atoms with Crippen molar-refractivity contribution in [2.24, 2.45) is 11.3 Å². The monoisotopic (exact) mass is 539 g/mol. The largest absolute Gasteiger partial charge is 0.497 e. The summed E-state index contributed by atoms with van der Waals surface area (Å²) in [5, 5.41) is 16.0. The number of nitrogens with zero attached hydrogens (tertiary/aromatic N) is 2. The Balaban J connectivity index is 1.45. The minimum atomic E-state index is -0.792. The van der Waals surface area contributed by atoms with Crippen molar-refractivity contribution in [3.05, 3.63) is 48.0 Å². The Kier molecular flexibility index (Phi) is 9.48. The number of hydrogen-bond acceptors (Lipinski definition) is 5. The van der Waals surface area contributed by atoms with E-state index in [-0.39, 0.29) is 17.9 Å². The number of amides is 3. The van der Waals surface area contributed by atoms with E-state index < -0.39 is 23.5 Å². The molecule has 2 aliphatic rings. The molecule has 2 heterocycles. The number of carboxylic acids is 1. The molecule has 2 aromatic rings. The van der Waals surface area contributed by atoms with Gasteiger partial charge >= 0.3 is 12.0 Å². The number of ether oxygens (including phenoxy) is 1. The van der Waals surface area contributed by atoms with Crippen LogP contribution in [-0.4, -0.2) is 70.2 Å². The predicted molar refractivity (Wildman–Crippen MR) is 146 cm³/mol. The van der Waals surface area contributed by atoms with Crippen LogP contribution in [0.25, 0.3) is 0 Å². The Morgan fingerprint density at radius 3 is 2.56 bits per heavy atom. The number of aliphatic carboxylic acids is 1. The van der Waals surface area contributed by atoms with Gasteiger partial charge in [0.15, 0.2) is 0 Å². The van der Waals surface area contributed by atoms with Gasteiger partial charge in [-0.1, -0.05) is 31.4 Å². The lowest BCUT2D eigenvalue weighted by Gasteiger charge is -2.48. The van der Waals surface area contributed by atoms with Gasteiger partial charge in [-0.15, -0.1) is 0 Å². The third kappa shape index (κ3) is 6.91. The fourth-order valence-corrected chi connectivity index (χ4v) is 6.34. The molecule has 0 bridgehead atoms. The minimum Gasteiger partial charge on any atom is -0.497 e. The van der Waals surface area contributed by atoms with Gasteiger partial charge in [-0.25, -0.2) is 9.78 Å². The molecule has 3 unspecified atom stereocenters. The van der Waals surface area contributed by atoms with Crippen LogP contribution >= 0.6 is 0 Å². The predicted octanol–water partition coefficient (Wildman–Crippen LogP) is 3.53. The van der Waals surface area contributed by atoms with E-state index in [1.165, 1.54) is 0 Å². The molecule has 2 fully saturated rings. The number of likely N-dealkylation sites (tertiary alicyclic amines) is 1. The number of imidazole rings is 1. The highest BCUT2D eigenvalue weighted by Crippen LogP contribution is 2.47. The van der Waals surface area contributed by atoms with Crippen molar-refractivity contribution in [2.75, 3.05) is 20.2 Å². The topological polar surface area (TPSA) is 137 Å². The van der Waals surface area contributed by atoms with E-state index in [1.54, 1.807) is 24.5 Å². The molecule has 1 aromatic heterocycles. The number of carbonyl (C=O) groups excluding carboxylic acids is 2. The number of aromatic nitrogens is 2. The number of rotatable bonds is 10. The van der Waals surface area contributed by atoms with Crippen molar-refractivity contribution in [3.63, 3.8) is 0 Å². The molecule has 4 N–H and O–H groups in total. The molecular formula is C29H41N5O5. The van der Waals surface area contributed by atoms with Crippen molar-refractivity contribution in [1.82, 2.24) is 25.5 Å². The first kappa shape index (κ1) is 28.4. The van der Waals surface area contributed by atoms with Gasteiger partial charge in [0.05, 0.1) is 18.9 Å². The van der Waals surface area contributed by atoms with Crippen LogP contribution in [-0.2, 0) is 22.4 Å². The second-order valence-corrected chi connectivity index (χ2v) is 11.0. The number of benzene rings is 1. The smallest absolute Gasteiger partial charge is 0.315 e. The molecule has 4 rings (SSSR count). The van der Waals surface area contributed by atoms with Gasteiger partial charge in [-0.3, -0.25) is 9.59 Å². The number of carboxylic acid groups (broad SMARTS) is 1. The van der Waals surface area contributed by atoms with E-state index in [0.29, 0.717) is 44.5 Å². The number of urea groups is 1. The molecule has 0 radical (unpaired) electrons. The van der Waals surface area contributed by atoms with Crippen LogP contribution in [0.3, 0.4) is 0 Å². The standard InChI is InChI=1S/C29H41N5O5/c1-20-17-29(27(36)37,22-6-4-3-5-7-22)13-15-34(20)26(35)25(16-21-8-10-24(39-2)11-9-21)33-28(38)31-14-12-23-18-30-19-32-23/h8-11,18-20,22,25H,3-7,12-17H2,1-2H3,(H,30,32)(H,36,37)(H2,31,33,38). The van der Waals surface area contributed by atoms with Crippen LogP contribution in [0.1, 0.15) is 63.1 Å². The molecule has 1 saturated heterocycles. The molecule has 0 spiro atoms. The Labute approximate surface area is 229 Å². The molecule has 1 aromatic carbocycles. The normalized spacial score (nSPS) is 22.6. The molecule has 1 saturated carbocycles. The third-order valence-corrected chi connectivity index (χ3v) is 8.52. The second-order valence-electron chi connectivity index (χ2n) is 11.0. The summed E-state index contributed by atoms with van der Waals surface area (Å²) in [7, 11) is 1.60. The minimum absolute atomic E-state index is 0.150. The van der Waals surface area contributed by atoms with Crippen LogP contribution in [0.5, 0.6) is 5.75 Å². The zero-order chi connectivity index (χ0) is 27.8. The quantitative estimate of drug-likeness (QED) is 0.365. The Hall–Kier alpha value is -3.56. The average molecular weight is 540 g/mol. The highest BCUT2D eigenvalue weighted by Gasteiger charge is 2.51. The number of nitrogens with one attached hydrogen (secondary N) is 3. The van der Waals surface area contributed by atoms with Gasteiger partial charge in [0, 0.05) is 43.9 Å². The zero-order valence-electron chi connectivity index (χ0n) is 22.9. The summed E-state index contributed by atoms with van der Waals surface area (Å²) < 4.78 is 5.25. The Bertz CT molecular complexity index is 1100. The van der Waals surface area contributed by atoms with Crippen LogP contribution in [0.4, 0.5) is 4.79 Å². The number of carbonyl (C=O) groups is 3. The molecular weight excluding hydrogens is 498 g/mol.